The molecule has 1 heterocycles. The first kappa shape index (κ1) is 14.1. The Morgan fingerprint density at radius 3 is 2.56 bits per heavy atom. The van der Waals surface area contributed by atoms with Gasteiger partial charge in [-0.3, -0.25) is 10.1 Å². The van der Waals surface area contributed by atoms with Crippen LogP contribution in [0.1, 0.15) is 27.7 Å². The van der Waals surface area contributed by atoms with Crippen LogP contribution >= 0.6 is 0 Å². The van der Waals surface area contributed by atoms with E-state index in [-0.39, 0.29) is 16.9 Å². The number of nitrogens with zero attached hydrogens (tertiary/aromatic N) is 3. The molecule has 1 rings (SSSR count). The molecule has 0 fully saturated rings. The van der Waals surface area contributed by atoms with Crippen molar-refractivity contribution in [3.63, 3.8) is 0 Å². The molecule has 0 saturated heterocycles. The predicted molar refractivity (Wildman–Crippen MR) is 70.8 cm³/mol. The highest BCUT2D eigenvalue weighted by molar-refractivity contribution is 5.57. The molecule has 0 aliphatic carbocycles. The zero-order valence-corrected chi connectivity index (χ0v) is 11.1. The van der Waals surface area contributed by atoms with E-state index >= 15 is 0 Å². The van der Waals surface area contributed by atoms with Gasteiger partial charge in [0.1, 0.15) is 6.20 Å². The second kappa shape index (κ2) is 5.61. The van der Waals surface area contributed by atoms with Crippen molar-refractivity contribution in [2.75, 3.05) is 23.7 Å². The van der Waals surface area contributed by atoms with Gasteiger partial charge in [-0.15, -0.1) is 0 Å². The van der Waals surface area contributed by atoms with Gasteiger partial charge in [0.2, 0.25) is 11.8 Å². The monoisotopic (exact) mass is 253 g/mol. The summed E-state index contributed by atoms with van der Waals surface area (Å²) in [6.07, 6.45) is 1.22. The van der Waals surface area contributed by atoms with Gasteiger partial charge in [0.05, 0.1) is 4.92 Å². The van der Waals surface area contributed by atoms with Crippen molar-refractivity contribution in [3.05, 3.63) is 16.3 Å². The molecule has 0 radical (unpaired) electrons. The van der Waals surface area contributed by atoms with Gasteiger partial charge in [0, 0.05) is 13.1 Å². The first-order chi connectivity index (χ1) is 8.33. The molecule has 100 valence electrons. The Kier molecular flexibility index (Phi) is 4.41. The number of nitro groups is 1. The van der Waals surface area contributed by atoms with Crippen LogP contribution < -0.4 is 10.6 Å². The Hall–Kier alpha value is -1.92. The summed E-state index contributed by atoms with van der Waals surface area (Å²) >= 11 is 0. The molecule has 0 spiro atoms. The summed E-state index contributed by atoms with van der Waals surface area (Å²) in [7, 11) is 0. The Morgan fingerprint density at radius 1 is 1.39 bits per heavy atom. The third-order valence-electron chi connectivity index (χ3n) is 2.09. The van der Waals surface area contributed by atoms with Gasteiger partial charge < -0.3 is 10.6 Å². The molecule has 0 aliphatic rings. The van der Waals surface area contributed by atoms with Crippen molar-refractivity contribution in [1.29, 1.82) is 0 Å². The minimum absolute atomic E-state index is 0.0111. The maximum Gasteiger partial charge on any atom is 0.329 e. The zero-order valence-electron chi connectivity index (χ0n) is 11.1. The maximum atomic E-state index is 10.9. The van der Waals surface area contributed by atoms with Crippen LogP contribution in [0.4, 0.5) is 17.5 Å². The summed E-state index contributed by atoms with van der Waals surface area (Å²) < 4.78 is 0. The largest absolute Gasteiger partial charge is 0.364 e. The summed E-state index contributed by atoms with van der Waals surface area (Å²) in [5.41, 5.74) is -0.0992. The zero-order chi connectivity index (χ0) is 13.8. The van der Waals surface area contributed by atoms with Gasteiger partial charge in [0.25, 0.3) is 0 Å². The molecule has 0 amide bonds. The number of hydrogen-bond donors (Lipinski definition) is 2. The lowest BCUT2D eigenvalue weighted by molar-refractivity contribution is -0.384. The Balaban J connectivity index is 2.96. The first-order valence-electron chi connectivity index (χ1n) is 5.82. The molecule has 0 saturated carbocycles. The van der Waals surface area contributed by atoms with E-state index < -0.39 is 4.92 Å². The summed E-state index contributed by atoms with van der Waals surface area (Å²) in [4.78, 5) is 18.4. The predicted octanol–water partition coefficient (Wildman–Crippen LogP) is 2.27. The second-order valence-electron chi connectivity index (χ2n) is 5.13. The van der Waals surface area contributed by atoms with Crippen molar-refractivity contribution in [1.82, 2.24) is 9.97 Å². The topological polar surface area (TPSA) is 93.0 Å². The van der Waals surface area contributed by atoms with Crippen molar-refractivity contribution < 1.29 is 4.92 Å². The second-order valence-corrected chi connectivity index (χ2v) is 5.13. The van der Waals surface area contributed by atoms with E-state index in [2.05, 4.69) is 20.6 Å². The molecule has 1 aromatic heterocycles. The number of hydrogen-bond acceptors (Lipinski definition) is 6. The highest BCUT2D eigenvalue weighted by atomic mass is 16.6. The van der Waals surface area contributed by atoms with Crippen molar-refractivity contribution in [3.8, 4) is 0 Å². The van der Waals surface area contributed by atoms with E-state index in [0.717, 1.165) is 0 Å². The number of anilines is 2. The smallest absolute Gasteiger partial charge is 0.329 e. The van der Waals surface area contributed by atoms with E-state index in [9.17, 15) is 10.1 Å². The molecule has 7 heteroatoms. The van der Waals surface area contributed by atoms with Gasteiger partial charge in [0.15, 0.2) is 0 Å². The molecule has 0 atom stereocenters. The van der Waals surface area contributed by atoms with Gasteiger partial charge in [-0.2, -0.15) is 4.98 Å². The SMILES string of the molecule is CCNc1ncc([N+](=O)[O-])c(NCC(C)(C)C)n1. The summed E-state index contributed by atoms with van der Waals surface area (Å²) in [5, 5.41) is 16.8. The van der Waals surface area contributed by atoms with Crippen molar-refractivity contribution >= 4 is 17.5 Å². The van der Waals surface area contributed by atoms with Gasteiger partial charge in [-0.25, -0.2) is 4.98 Å². The molecule has 0 bridgehead atoms. The summed E-state index contributed by atoms with van der Waals surface area (Å²) in [6.45, 7) is 9.29. The molecular formula is C11H19N5O2. The lowest BCUT2D eigenvalue weighted by Gasteiger charge is -2.19. The van der Waals surface area contributed by atoms with E-state index in [1.807, 2.05) is 27.7 Å². The standard InChI is InChI=1S/C11H19N5O2/c1-5-12-10-13-6-8(16(17)18)9(15-10)14-7-11(2,3)4/h6H,5,7H2,1-4H3,(H2,12,13,14,15). The van der Waals surface area contributed by atoms with E-state index in [1.165, 1.54) is 6.20 Å². The number of rotatable bonds is 5. The summed E-state index contributed by atoms with van der Waals surface area (Å²) in [5.74, 6) is 0.639. The molecular weight excluding hydrogens is 234 g/mol. The third-order valence-corrected chi connectivity index (χ3v) is 2.09. The minimum atomic E-state index is -0.485. The lowest BCUT2D eigenvalue weighted by atomic mass is 9.97. The molecule has 0 unspecified atom stereocenters. The van der Waals surface area contributed by atoms with Crippen LogP contribution in [0.5, 0.6) is 0 Å². The Labute approximate surface area is 106 Å². The van der Waals surface area contributed by atoms with Crippen LogP contribution in [0.15, 0.2) is 6.20 Å². The maximum absolute atomic E-state index is 10.9. The van der Waals surface area contributed by atoms with Gasteiger partial charge in [-0.1, -0.05) is 20.8 Å². The van der Waals surface area contributed by atoms with Crippen LogP contribution in [0.3, 0.4) is 0 Å². The first-order valence-corrected chi connectivity index (χ1v) is 5.82. The highest BCUT2D eigenvalue weighted by Crippen LogP contribution is 2.23. The molecule has 2 N–H and O–H groups in total. The van der Waals surface area contributed by atoms with E-state index in [0.29, 0.717) is 19.0 Å². The summed E-state index contributed by atoms with van der Waals surface area (Å²) in [6, 6.07) is 0. The molecule has 7 nitrogen and oxygen atoms in total. The lowest BCUT2D eigenvalue weighted by Crippen LogP contribution is -2.20. The molecule has 0 aliphatic heterocycles. The molecule has 0 aromatic carbocycles. The quantitative estimate of drug-likeness (QED) is 0.617. The van der Waals surface area contributed by atoms with Crippen LogP contribution in [-0.2, 0) is 0 Å². The Bertz CT molecular complexity index is 428. The fourth-order valence-electron chi connectivity index (χ4n) is 1.23. The number of nitrogens with one attached hydrogen (secondary N) is 2. The number of aromatic nitrogens is 2. The molecule has 18 heavy (non-hydrogen) atoms. The Morgan fingerprint density at radius 2 is 2.06 bits per heavy atom. The van der Waals surface area contributed by atoms with Crippen LogP contribution in [0.2, 0.25) is 0 Å². The van der Waals surface area contributed by atoms with Gasteiger partial charge >= 0.3 is 5.69 Å². The molecule has 1 aromatic rings. The fourth-order valence-corrected chi connectivity index (χ4v) is 1.23. The van der Waals surface area contributed by atoms with Crippen molar-refractivity contribution in [2.45, 2.75) is 27.7 Å². The van der Waals surface area contributed by atoms with E-state index in [4.69, 9.17) is 0 Å². The van der Waals surface area contributed by atoms with Crippen LogP contribution in [-0.4, -0.2) is 28.0 Å². The van der Waals surface area contributed by atoms with Crippen LogP contribution in [0, 0.1) is 15.5 Å². The fraction of sp³-hybridized carbons (Fsp3) is 0.636. The minimum Gasteiger partial charge on any atom is -0.364 e. The third kappa shape index (κ3) is 4.15. The average Bonchev–Trinajstić information content (AvgIpc) is 2.25. The van der Waals surface area contributed by atoms with E-state index in [1.54, 1.807) is 0 Å². The van der Waals surface area contributed by atoms with Crippen LogP contribution in [0.25, 0.3) is 0 Å². The highest BCUT2D eigenvalue weighted by Gasteiger charge is 2.19. The normalized spacial score (nSPS) is 11.1. The van der Waals surface area contributed by atoms with Crippen molar-refractivity contribution in [2.24, 2.45) is 5.41 Å². The average molecular weight is 253 g/mol. The van der Waals surface area contributed by atoms with Gasteiger partial charge in [-0.05, 0) is 12.3 Å².